The Hall–Kier alpha value is -2.25. The zero-order chi connectivity index (χ0) is 21.0. The van der Waals surface area contributed by atoms with Gasteiger partial charge in [0.25, 0.3) is 0 Å². The maximum absolute atomic E-state index is 13.3. The highest BCUT2D eigenvalue weighted by molar-refractivity contribution is 7.89. The van der Waals surface area contributed by atoms with Gasteiger partial charge in [0.15, 0.2) is 0 Å². The summed E-state index contributed by atoms with van der Waals surface area (Å²) < 4.78 is 33.4. The van der Waals surface area contributed by atoms with E-state index in [4.69, 9.17) is 4.74 Å². The predicted octanol–water partition coefficient (Wildman–Crippen LogP) is 3.34. The van der Waals surface area contributed by atoms with Crippen LogP contribution < -0.4 is 0 Å². The van der Waals surface area contributed by atoms with E-state index in [1.807, 2.05) is 31.2 Å². The Kier molecular flexibility index (Phi) is 6.70. The van der Waals surface area contributed by atoms with Gasteiger partial charge >= 0.3 is 5.97 Å². The van der Waals surface area contributed by atoms with E-state index in [1.54, 1.807) is 26.2 Å². The summed E-state index contributed by atoms with van der Waals surface area (Å²) in [5.41, 5.74) is 3.51. The second-order valence-electron chi connectivity index (χ2n) is 7.63. The topological polar surface area (TPSA) is 76.6 Å². The fraction of sp³-hybridized carbons (Fsp3) is 0.455. The van der Waals surface area contributed by atoms with E-state index in [1.165, 1.54) is 4.31 Å². The van der Waals surface area contributed by atoms with Crippen LogP contribution in [0.25, 0.3) is 0 Å². The molecule has 3 rings (SSSR count). The Morgan fingerprint density at radius 2 is 1.97 bits per heavy atom. The number of aryl methyl sites for hydroxylation is 4. The van der Waals surface area contributed by atoms with Crippen LogP contribution in [-0.2, 0) is 26.0 Å². The maximum atomic E-state index is 13.3. The lowest BCUT2D eigenvalue weighted by Crippen LogP contribution is -2.41. The van der Waals surface area contributed by atoms with E-state index in [0.717, 1.165) is 17.5 Å². The number of esters is 1. The standard InChI is InChI=1S/C22H28N2O4S/c1-16-13-17(2)21(18(3)14-16)29(26,27)24-11-5-9-20(24)22(25)28-12-6-8-19-7-4-10-23-15-19/h4,7,10,13-15,20H,5-6,8-9,11-12H2,1-3H3. The third kappa shape index (κ3) is 4.85. The van der Waals surface area contributed by atoms with Gasteiger partial charge in [-0.2, -0.15) is 4.31 Å². The number of hydrogen-bond donors (Lipinski definition) is 0. The van der Waals surface area contributed by atoms with Gasteiger partial charge in [0.1, 0.15) is 6.04 Å². The summed E-state index contributed by atoms with van der Waals surface area (Å²) in [4.78, 5) is 17.0. The maximum Gasteiger partial charge on any atom is 0.324 e. The predicted molar refractivity (Wildman–Crippen MR) is 111 cm³/mol. The van der Waals surface area contributed by atoms with Crippen molar-refractivity contribution >= 4 is 16.0 Å². The average molecular weight is 417 g/mol. The number of ether oxygens (including phenoxy) is 1. The normalized spacial score (nSPS) is 17.4. The molecule has 7 heteroatoms. The zero-order valence-corrected chi connectivity index (χ0v) is 18.0. The van der Waals surface area contributed by atoms with Crippen molar-refractivity contribution in [2.24, 2.45) is 0 Å². The van der Waals surface area contributed by atoms with Gasteiger partial charge in [-0.25, -0.2) is 8.42 Å². The van der Waals surface area contributed by atoms with Gasteiger partial charge in [0.05, 0.1) is 11.5 Å². The molecule has 1 aromatic heterocycles. The van der Waals surface area contributed by atoms with Crippen molar-refractivity contribution in [2.75, 3.05) is 13.2 Å². The lowest BCUT2D eigenvalue weighted by Gasteiger charge is -2.24. The molecular weight excluding hydrogens is 388 g/mol. The van der Waals surface area contributed by atoms with Crippen LogP contribution in [0.3, 0.4) is 0 Å². The van der Waals surface area contributed by atoms with Gasteiger partial charge in [-0.3, -0.25) is 9.78 Å². The van der Waals surface area contributed by atoms with Gasteiger partial charge in [0.2, 0.25) is 10.0 Å². The van der Waals surface area contributed by atoms with Crippen molar-refractivity contribution in [1.29, 1.82) is 0 Å². The molecule has 1 aromatic carbocycles. The molecule has 2 heterocycles. The van der Waals surface area contributed by atoms with Crippen molar-refractivity contribution in [2.45, 2.75) is 57.4 Å². The summed E-state index contributed by atoms with van der Waals surface area (Å²) in [6.07, 6.45) is 6.08. The summed E-state index contributed by atoms with van der Waals surface area (Å²) in [6.45, 7) is 6.15. The highest BCUT2D eigenvalue weighted by atomic mass is 32.2. The molecular formula is C22H28N2O4S. The molecule has 2 aromatic rings. The summed E-state index contributed by atoms with van der Waals surface area (Å²) in [5.74, 6) is -0.459. The molecule has 0 N–H and O–H groups in total. The van der Waals surface area contributed by atoms with E-state index < -0.39 is 22.0 Å². The molecule has 1 aliphatic heterocycles. The molecule has 1 aliphatic rings. The fourth-order valence-electron chi connectivity index (χ4n) is 4.05. The molecule has 0 amide bonds. The Morgan fingerprint density at radius 1 is 1.24 bits per heavy atom. The monoisotopic (exact) mass is 416 g/mol. The number of hydrogen-bond acceptors (Lipinski definition) is 5. The Labute approximate surface area is 173 Å². The lowest BCUT2D eigenvalue weighted by molar-refractivity contribution is -0.147. The van der Waals surface area contributed by atoms with Gasteiger partial charge in [0, 0.05) is 18.9 Å². The highest BCUT2D eigenvalue weighted by Crippen LogP contribution is 2.31. The number of aromatic nitrogens is 1. The van der Waals surface area contributed by atoms with Crippen molar-refractivity contribution in [3.05, 3.63) is 58.9 Å². The SMILES string of the molecule is Cc1cc(C)c(S(=O)(=O)N2CCCC2C(=O)OCCCc2cccnc2)c(C)c1. The molecule has 6 nitrogen and oxygen atoms in total. The molecule has 1 saturated heterocycles. The molecule has 0 spiro atoms. The van der Waals surface area contributed by atoms with Crippen LogP contribution >= 0.6 is 0 Å². The number of rotatable bonds is 7. The van der Waals surface area contributed by atoms with E-state index in [0.29, 0.717) is 41.8 Å². The largest absolute Gasteiger partial charge is 0.464 e. The average Bonchev–Trinajstić information content (AvgIpc) is 3.16. The first-order valence-electron chi connectivity index (χ1n) is 9.96. The molecule has 1 atom stereocenters. The van der Waals surface area contributed by atoms with E-state index >= 15 is 0 Å². The van der Waals surface area contributed by atoms with E-state index in [9.17, 15) is 13.2 Å². The fourth-order valence-corrected chi connectivity index (χ4v) is 6.11. The first kappa shape index (κ1) is 21.5. The highest BCUT2D eigenvalue weighted by Gasteiger charge is 2.41. The number of carbonyl (C=O) groups is 1. The smallest absolute Gasteiger partial charge is 0.324 e. The van der Waals surface area contributed by atoms with Crippen molar-refractivity contribution in [3.8, 4) is 0 Å². The van der Waals surface area contributed by atoms with Gasteiger partial charge in [-0.1, -0.05) is 23.8 Å². The molecule has 0 saturated carbocycles. The van der Waals surface area contributed by atoms with Crippen LogP contribution in [-0.4, -0.2) is 42.9 Å². The molecule has 0 aliphatic carbocycles. The number of carbonyl (C=O) groups excluding carboxylic acids is 1. The second-order valence-corrected chi connectivity index (χ2v) is 9.46. The molecule has 156 valence electrons. The van der Waals surface area contributed by atoms with E-state index in [-0.39, 0.29) is 6.61 Å². The summed E-state index contributed by atoms with van der Waals surface area (Å²) in [7, 11) is -3.76. The lowest BCUT2D eigenvalue weighted by atomic mass is 10.1. The van der Waals surface area contributed by atoms with Crippen LogP contribution in [0.4, 0.5) is 0 Å². The Morgan fingerprint density at radius 3 is 2.62 bits per heavy atom. The zero-order valence-electron chi connectivity index (χ0n) is 17.2. The van der Waals surface area contributed by atoms with Gasteiger partial charge in [-0.15, -0.1) is 0 Å². The van der Waals surface area contributed by atoms with Crippen LogP contribution in [0.2, 0.25) is 0 Å². The molecule has 1 fully saturated rings. The summed E-state index contributed by atoms with van der Waals surface area (Å²) >= 11 is 0. The number of pyridine rings is 1. The van der Waals surface area contributed by atoms with Crippen molar-refractivity contribution < 1.29 is 17.9 Å². The van der Waals surface area contributed by atoms with Gasteiger partial charge in [-0.05, 0) is 69.2 Å². The quantitative estimate of drug-likeness (QED) is 0.511. The minimum atomic E-state index is -3.76. The third-order valence-corrected chi connectivity index (χ3v) is 7.44. The Bertz CT molecular complexity index is 951. The second kappa shape index (κ2) is 9.05. The molecule has 29 heavy (non-hydrogen) atoms. The van der Waals surface area contributed by atoms with Crippen molar-refractivity contribution in [1.82, 2.24) is 9.29 Å². The van der Waals surface area contributed by atoms with Crippen molar-refractivity contribution in [3.63, 3.8) is 0 Å². The minimum Gasteiger partial charge on any atom is -0.464 e. The molecule has 0 radical (unpaired) electrons. The molecule has 1 unspecified atom stereocenters. The van der Waals surface area contributed by atoms with Crippen LogP contribution in [0.1, 0.15) is 41.5 Å². The summed E-state index contributed by atoms with van der Waals surface area (Å²) in [5, 5.41) is 0. The number of nitrogens with zero attached hydrogens (tertiary/aromatic N) is 2. The summed E-state index contributed by atoms with van der Waals surface area (Å²) in [6, 6.07) is 6.83. The van der Waals surface area contributed by atoms with Crippen LogP contribution in [0, 0.1) is 20.8 Å². The first-order valence-corrected chi connectivity index (χ1v) is 11.4. The molecule has 0 bridgehead atoms. The van der Waals surface area contributed by atoms with Crippen LogP contribution in [0.5, 0.6) is 0 Å². The van der Waals surface area contributed by atoms with Gasteiger partial charge < -0.3 is 4.74 Å². The van der Waals surface area contributed by atoms with Crippen LogP contribution in [0.15, 0.2) is 41.6 Å². The number of sulfonamides is 1. The van der Waals surface area contributed by atoms with E-state index in [2.05, 4.69) is 4.98 Å². The Balaban J connectivity index is 1.66. The minimum absolute atomic E-state index is 0.265. The first-order chi connectivity index (χ1) is 13.8. The number of benzene rings is 1. The third-order valence-electron chi connectivity index (χ3n) is 5.22.